The summed E-state index contributed by atoms with van der Waals surface area (Å²) in [6, 6.07) is 10.4. The Kier molecular flexibility index (Phi) is 4.44. The van der Waals surface area contributed by atoms with Crippen molar-refractivity contribution in [2.24, 2.45) is 5.92 Å². The topological polar surface area (TPSA) is 54.0 Å². The first-order valence-corrected chi connectivity index (χ1v) is 8.10. The van der Waals surface area contributed by atoms with Crippen LogP contribution in [-0.4, -0.2) is 10.9 Å². The van der Waals surface area contributed by atoms with Crippen molar-refractivity contribution < 1.29 is 4.79 Å². The van der Waals surface area contributed by atoms with Crippen LogP contribution < -0.4 is 10.6 Å². The van der Waals surface area contributed by atoms with Crippen LogP contribution in [0.5, 0.6) is 0 Å². The van der Waals surface area contributed by atoms with E-state index >= 15 is 0 Å². The fourth-order valence-electron chi connectivity index (χ4n) is 2.93. The van der Waals surface area contributed by atoms with Gasteiger partial charge in [-0.3, -0.25) is 9.78 Å². The lowest BCUT2D eigenvalue weighted by molar-refractivity contribution is 0.0950. The lowest BCUT2D eigenvalue weighted by atomic mass is 10.0. The number of carbonyl (C=O) groups is 1. The highest BCUT2D eigenvalue weighted by Crippen LogP contribution is 2.29. The molecule has 0 radical (unpaired) electrons. The van der Waals surface area contributed by atoms with Gasteiger partial charge in [0.2, 0.25) is 0 Å². The monoisotopic (exact) mass is 309 g/mol. The second kappa shape index (κ2) is 6.50. The molecule has 4 nitrogen and oxygen atoms in total. The molecule has 0 spiro atoms. The largest absolute Gasteiger partial charge is 0.348 e. The van der Waals surface area contributed by atoms with E-state index in [0.29, 0.717) is 18.0 Å². The Balaban J connectivity index is 1.68. The summed E-state index contributed by atoms with van der Waals surface area (Å²) in [7, 11) is 0. The standard InChI is InChI=1S/C19H23N3O/c1-12(2)17-18-15(10-20-17)8-16(11-21-18)19(23)22-9-14-6-4-13(3)5-7-14/h4-8,11-12,17,20H,9-10H2,1-3H3,(H,22,23)/t17-/m0/s1. The highest BCUT2D eigenvalue weighted by atomic mass is 16.1. The summed E-state index contributed by atoms with van der Waals surface area (Å²) in [6.45, 7) is 7.72. The average molecular weight is 309 g/mol. The van der Waals surface area contributed by atoms with E-state index in [2.05, 4.69) is 48.5 Å². The summed E-state index contributed by atoms with van der Waals surface area (Å²) < 4.78 is 0. The minimum atomic E-state index is -0.0751. The number of fused-ring (bicyclic) bond motifs is 1. The predicted molar refractivity (Wildman–Crippen MR) is 91.0 cm³/mol. The number of nitrogens with zero attached hydrogens (tertiary/aromatic N) is 1. The van der Waals surface area contributed by atoms with E-state index in [1.54, 1.807) is 6.20 Å². The van der Waals surface area contributed by atoms with Crippen LogP contribution >= 0.6 is 0 Å². The lowest BCUT2D eigenvalue weighted by Crippen LogP contribution is -2.23. The molecule has 2 N–H and O–H groups in total. The Morgan fingerprint density at radius 2 is 2.09 bits per heavy atom. The summed E-state index contributed by atoms with van der Waals surface area (Å²) in [5, 5.41) is 6.42. The fraction of sp³-hybridized carbons (Fsp3) is 0.368. The maximum atomic E-state index is 12.3. The second-order valence-corrected chi connectivity index (χ2v) is 6.54. The highest BCUT2D eigenvalue weighted by molar-refractivity contribution is 5.94. The molecule has 1 aromatic heterocycles. The zero-order valence-corrected chi connectivity index (χ0v) is 13.9. The minimum Gasteiger partial charge on any atom is -0.348 e. The highest BCUT2D eigenvalue weighted by Gasteiger charge is 2.26. The average Bonchev–Trinajstić information content (AvgIpc) is 2.97. The molecule has 0 saturated carbocycles. The van der Waals surface area contributed by atoms with Crippen molar-refractivity contribution in [3.8, 4) is 0 Å². The van der Waals surface area contributed by atoms with Gasteiger partial charge in [-0.15, -0.1) is 0 Å². The van der Waals surface area contributed by atoms with Crippen LogP contribution in [-0.2, 0) is 13.1 Å². The van der Waals surface area contributed by atoms with Crippen molar-refractivity contribution in [3.05, 3.63) is 64.5 Å². The summed E-state index contributed by atoms with van der Waals surface area (Å²) in [5.41, 5.74) is 5.15. The number of benzene rings is 1. The first-order chi connectivity index (χ1) is 11.0. The molecule has 4 heteroatoms. The van der Waals surface area contributed by atoms with E-state index in [9.17, 15) is 4.79 Å². The quantitative estimate of drug-likeness (QED) is 0.912. The van der Waals surface area contributed by atoms with Gasteiger partial charge >= 0.3 is 0 Å². The van der Waals surface area contributed by atoms with Crippen molar-refractivity contribution in [3.63, 3.8) is 0 Å². The molecule has 1 aliphatic heterocycles. The SMILES string of the molecule is Cc1ccc(CNC(=O)c2cnc3c(c2)CN[C@H]3C(C)C)cc1. The van der Waals surface area contributed by atoms with Gasteiger partial charge in [-0.05, 0) is 30.0 Å². The molecule has 1 atom stereocenters. The summed E-state index contributed by atoms with van der Waals surface area (Å²) in [5.74, 6) is 0.416. The molecule has 0 fully saturated rings. The molecule has 1 amide bonds. The zero-order valence-electron chi connectivity index (χ0n) is 13.9. The minimum absolute atomic E-state index is 0.0751. The molecule has 120 valence electrons. The summed E-state index contributed by atoms with van der Waals surface area (Å²) >= 11 is 0. The molecule has 3 rings (SSSR count). The Bertz CT molecular complexity index is 707. The third-order valence-corrected chi connectivity index (χ3v) is 4.31. The number of carbonyl (C=O) groups excluding carboxylic acids is 1. The zero-order chi connectivity index (χ0) is 16.4. The van der Waals surface area contributed by atoms with Crippen molar-refractivity contribution in [1.29, 1.82) is 0 Å². The normalized spacial score (nSPS) is 16.4. The predicted octanol–water partition coefficient (Wildman–Crippen LogP) is 3.12. The molecular weight excluding hydrogens is 286 g/mol. The molecular formula is C19H23N3O. The van der Waals surface area contributed by atoms with Crippen molar-refractivity contribution in [2.75, 3.05) is 0 Å². The van der Waals surface area contributed by atoms with Crippen LogP contribution in [0.2, 0.25) is 0 Å². The molecule has 2 heterocycles. The van der Waals surface area contributed by atoms with E-state index in [-0.39, 0.29) is 11.9 Å². The molecule has 1 aromatic carbocycles. The van der Waals surface area contributed by atoms with Crippen molar-refractivity contribution >= 4 is 5.91 Å². The van der Waals surface area contributed by atoms with E-state index < -0.39 is 0 Å². The van der Waals surface area contributed by atoms with E-state index in [4.69, 9.17) is 0 Å². The molecule has 0 unspecified atom stereocenters. The van der Waals surface area contributed by atoms with Gasteiger partial charge in [-0.2, -0.15) is 0 Å². The summed E-state index contributed by atoms with van der Waals surface area (Å²) in [4.78, 5) is 16.9. The maximum absolute atomic E-state index is 12.3. The number of rotatable bonds is 4. The fourth-order valence-corrected chi connectivity index (χ4v) is 2.93. The summed E-state index contributed by atoms with van der Waals surface area (Å²) in [6.07, 6.45) is 1.69. The number of aryl methyl sites for hydroxylation is 1. The first-order valence-electron chi connectivity index (χ1n) is 8.10. The van der Waals surface area contributed by atoms with Crippen LogP contribution in [0.4, 0.5) is 0 Å². The van der Waals surface area contributed by atoms with Gasteiger partial charge in [0.05, 0.1) is 17.3 Å². The van der Waals surface area contributed by atoms with E-state index in [1.807, 2.05) is 18.2 Å². The van der Waals surface area contributed by atoms with Gasteiger partial charge in [0.25, 0.3) is 5.91 Å². The Hall–Kier alpha value is -2.20. The van der Waals surface area contributed by atoms with Crippen molar-refractivity contribution in [1.82, 2.24) is 15.6 Å². The van der Waals surface area contributed by atoms with Crippen molar-refractivity contribution in [2.45, 2.75) is 39.9 Å². The van der Waals surface area contributed by atoms with Gasteiger partial charge in [0.15, 0.2) is 0 Å². The molecule has 0 saturated heterocycles. The Morgan fingerprint density at radius 1 is 1.35 bits per heavy atom. The Labute approximate surface area is 137 Å². The van der Waals surface area contributed by atoms with E-state index in [0.717, 1.165) is 23.4 Å². The number of pyridine rings is 1. The van der Waals surface area contributed by atoms with Crippen LogP contribution in [0.3, 0.4) is 0 Å². The molecule has 23 heavy (non-hydrogen) atoms. The number of hydrogen-bond acceptors (Lipinski definition) is 3. The molecule has 2 aromatic rings. The third kappa shape index (κ3) is 3.42. The number of nitrogens with one attached hydrogen (secondary N) is 2. The van der Waals surface area contributed by atoms with Gasteiger partial charge in [-0.25, -0.2) is 0 Å². The first kappa shape index (κ1) is 15.7. The third-order valence-electron chi connectivity index (χ3n) is 4.31. The maximum Gasteiger partial charge on any atom is 0.253 e. The van der Waals surface area contributed by atoms with E-state index in [1.165, 1.54) is 5.56 Å². The van der Waals surface area contributed by atoms with Gasteiger partial charge in [-0.1, -0.05) is 43.7 Å². The van der Waals surface area contributed by atoms with Crippen LogP contribution in [0.1, 0.15) is 52.6 Å². The second-order valence-electron chi connectivity index (χ2n) is 6.54. The van der Waals surface area contributed by atoms with Crippen LogP contribution in [0.25, 0.3) is 0 Å². The molecule has 0 bridgehead atoms. The Morgan fingerprint density at radius 3 is 2.78 bits per heavy atom. The lowest BCUT2D eigenvalue weighted by Gasteiger charge is -2.15. The van der Waals surface area contributed by atoms with Crippen LogP contribution in [0, 0.1) is 12.8 Å². The smallest absolute Gasteiger partial charge is 0.253 e. The van der Waals surface area contributed by atoms with Gasteiger partial charge in [0, 0.05) is 19.3 Å². The van der Waals surface area contributed by atoms with Gasteiger partial charge in [0.1, 0.15) is 0 Å². The molecule has 0 aliphatic carbocycles. The number of aromatic nitrogens is 1. The van der Waals surface area contributed by atoms with Gasteiger partial charge < -0.3 is 10.6 Å². The number of amides is 1. The number of hydrogen-bond donors (Lipinski definition) is 2. The van der Waals surface area contributed by atoms with Crippen LogP contribution in [0.15, 0.2) is 36.5 Å². The molecule has 1 aliphatic rings.